The van der Waals surface area contributed by atoms with Crippen LogP contribution in [0, 0.1) is 13.8 Å². The number of benzene rings is 2. The summed E-state index contributed by atoms with van der Waals surface area (Å²) in [6.45, 7) is 5.78. The highest BCUT2D eigenvalue weighted by molar-refractivity contribution is 5.96. The molecular weight excluding hydrogens is 398 g/mol. The topological polar surface area (TPSA) is 73.9 Å². The molecule has 32 heavy (non-hydrogen) atoms. The summed E-state index contributed by atoms with van der Waals surface area (Å²) in [7, 11) is 0. The van der Waals surface area contributed by atoms with Crippen LogP contribution in [-0.4, -0.2) is 39.1 Å². The molecule has 2 heterocycles. The average Bonchev–Trinajstić information content (AvgIpc) is 3.54. The van der Waals surface area contributed by atoms with Gasteiger partial charge in [-0.05, 0) is 75.4 Å². The molecule has 6 heteroatoms. The fourth-order valence-electron chi connectivity index (χ4n) is 4.66. The summed E-state index contributed by atoms with van der Waals surface area (Å²) in [5.74, 6) is 2.97. The van der Waals surface area contributed by atoms with Gasteiger partial charge < -0.3 is 5.32 Å². The minimum atomic E-state index is -0.311. The van der Waals surface area contributed by atoms with Crippen LogP contribution in [0.3, 0.4) is 0 Å². The Bertz CT molecular complexity index is 1080. The minimum Gasteiger partial charge on any atom is -0.324 e. The van der Waals surface area contributed by atoms with Gasteiger partial charge in [0.05, 0.1) is 0 Å². The van der Waals surface area contributed by atoms with Crippen molar-refractivity contribution >= 4 is 11.6 Å². The molecule has 0 spiro atoms. The zero-order chi connectivity index (χ0) is 22.1. The predicted molar refractivity (Wildman–Crippen MR) is 126 cm³/mol. The van der Waals surface area contributed by atoms with E-state index in [0.29, 0.717) is 11.8 Å². The Kier molecular flexibility index (Phi) is 5.79. The average molecular weight is 430 g/mol. The molecule has 2 N–H and O–H groups in total. The number of carbonyl (C=O) groups excluding carboxylic acids is 1. The molecule has 0 radical (unpaired) electrons. The van der Waals surface area contributed by atoms with Crippen LogP contribution in [0.15, 0.2) is 48.5 Å². The third kappa shape index (κ3) is 4.46. The highest BCUT2D eigenvalue weighted by Gasteiger charge is 2.34. The lowest BCUT2D eigenvalue weighted by Crippen LogP contribution is -2.42. The molecule has 5 rings (SSSR count). The molecule has 1 saturated heterocycles. The van der Waals surface area contributed by atoms with Crippen molar-refractivity contribution in [3.63, 3.8) is 0 Å². The van der Waals surface area contributed by atoms with Crippen molar-refractivity contribution in [2.75, 3.05) is 18.4 Å². The number of anilines is 1. The number of carbonyl (C=O) groups is 1. The van der Waals surface area contributed by atoms with Gasteiger partial charge in [0.25, 0.3) is 0 Å². The van der Waals surface area contributed by atoms with Crippen molar-refractivity contribution in [3.8, 4) is 0 Å². The van der Waals surface area contributed by atoms with E-state index in [2.05, 4.69) is 44.7 Å². The summed E-state index contributed by atoms with van der Waals surface area (Å²) >= 11 is 0. The number of aromatic amines is 1. The number of H-pyrrole nitrogens is 1. The molecular formula is C26H31N5O. The molecule has 2 aromatic carbocycles. The summed E-state index contributed by atoms with van der Waals surface area (Å²) < 4.78 is 0. The van der Waals surface area contributed by atoms with Crippen molar-refractivity contribution < 1.29 is 4.79 Å². The van der Waals surface area contributed by atoms with Crippen molar-refractivity contribution in [1.82, 2.24) is 20.1 Å². The van der Waals surface area contributed by atoms with Crippen LogP contribution in [0.1, 0.15) is 71.9 Å². The van der Waals surface area contributed by atoms with Crippen molar-refractivity contribution in [1.29, 1.82) is 0 Å². The first-order valence-corrected chi connectivity index (χ1v) is 11.7. The van der Waals surface area contributed by atoms with Crippen LogP contribution in [0.2, 0.25) is 0 Å². The molecule has 2 aliphatic rings. The van der Waals surface area contributed by atoms with Gasteiger partial charge in [0.15, 0.2) is 5.82 Å². The van der Waals surface area contributed by atoms with Gasteiger partial charge >= 0.3 is 0 Å². The maximum atomic E-state index is 13.5. The summed E-state index contributed by atoms with van der Waals surface area (Å²) in [5, 5.41) is 10.8. The van der Waals surface area contributed by atoms with Crippen LogP contribution < -0.4 is 5.32 Å². The maximum Gasteiger partial charge on any atom is 0.246 e. The number of nitrogens with zero attached hydrogens (tertiary/aromatic N) is 3. The number of hydrogen-bond donors (Lipinski definition) is 2. The number of rotatable bonds is 6. The monoisotopic (exact) mass is 429 g/mol. The normalized spacial score (nSPS) is 18.4. The molecule has 1 atom stereocenters. The van der Waals surface area contributed by atoms with Crippen LogP contribution in [0.25, 0.3) is 0 Å². The van der Waals surface area contributed by atoms with Gasteiger partial charge in [0.1, 0.15) is 11.9 Å². The highest BCUT2D eigenvalue weighted by Crippen LogP contribution is 2.39. The SMILES string of the molecule is Cc1ccc(C)c(NC(=O)[C@H](c2ccccc2)N2CCC(c3nc(C4CC4)n[nH]3)CC2)c1. The van der Waals surface area contributed by atoms with Crippen molar-refractivity contribution in [2.45, 2.75) is 57.4 Å². The Hall–Kier alpha value is -2.99. The summed E-state index contributed by atoms with van der Waals surface area (Å²) in [6.07, 6.45) is 4.37. The van der Waals surface area contributed by atoms with Gasteiger partial charge in [-0.15, -0.1) is 0 Å². The molecule has 1 amide bonds. The second-order valence-corrected chi connectivity index (χ2v) is 9.28. The number of hydrogen-bond acceptors (Lipinski definition) is 4. The zero-order valence-corrected chi connectivity index (χ0v) is 18.8. The maximum absolute atomic E-state index is 13.5. The Labute approximate surface area is 189 Å². The summed E-state index contributed by atoms with van der Waals surface area (Å²) in [6, 6.07) is 16.0. The lowest BCUT2D eigenvalue weighted by molar-refractivity contribution is -0.122. The third-order valence-electron chi connectivity index (χ3n) is 6.76. The standard InChI is InChI=1S/C26H31N5O/c1-17-8-9-18(2)22(16-17)27-26(32)23(19-6-4-3-5-7-19)31-14-12-21(13-15-31)25-28-24(29-30-25)20-10-11-20/h3-9,16,20-21,23H,10-15H2,1-2H3,(H,27,32)(H,28,29,30)/t23-/m0/s1. The van der Waals surface area contributed by atoms with Crippen LogP contribution in [0.5, 0.6) is 0 Å². The van der Waals surface area contributed by atoms with E-state index < -0.39 is 0 Å². The van der Waals surface area contributed by atoms with Crippen molar-refractivity contribution in [2.24, 2.45) is 0 Å². The van der Waals surface area contributed by atoms with E-state index >= 15 is 0 Å². The third-order valence-corrected chi connectivity index (χ3v) is 6.76. The molecule has 1 aliphatic carbocycles. The number of piperidine rings is 1. The van der Waals surface area contributed by atoms with E-state index in [9.17, 15) is 4.79 Å². The minimum absolute atomic E-state index is 0.0269. The summed E-state index contributed by atoms with van der Waals surface area (Å²) in [5.41, 5.74) is 4.14. The first-order chi connectivity index (χ1) is 15.6. The van der Waals surface area contributed by atoms with E-state index in [1.54, 1.807) is 0 Å². The van der Waals surface area contributed by atoms with Crippen LogP contribution >= 0.6 is 0 Å². The Morgan fingerprint density at radius 1 is 1.03 bits per heavy atom. The number of amides is 1. The smallest absolute Gasteiger partial charge is 0.246 e. The quantitative estimate of drug-likeness (QED) is 0.587. The van der Waals surface area contributed by atoms with E-state index in [0.717, 1.165) is 60.0 Å². The molecule has 166 valence electrons. The molecule has 1 saturated carbocycles. The fourth-order valence-corrected chi connectivity index (χ4v) is 4.66. The van der Waals surface area contributed by atoms with Gasteiger partial charge in [0.2, 0.25) is 5.91 Å². The molecule has 3 aromatic rings. The molecule has 0 bridgehead atoms. The molecule has 1 aliphatic heterocycles. The molecule has 6 nitrogen and oxygen atoms in total. The first-order valence-electron chi connectivity index (χ1n) is 11.7. The lowest BCUT2D eigenvalue weighted by Gasteiger charge is -2.36. The second-order valence-electron chi connectivity index (χ2n) is 9.28. The van der Waals surface area contributed by atoms with Gasteiger partial charge in [0, 0.05) is 17.5 Å². The second kappa shape index (κ2) is 8.87. The fraction of sp³-hybridized carbons (Fsp3) is 0.423. The lowest BCUT2D eigenvalue weighted by atomic mass is 9.93. The van der Waals surface area contributed by atoms with E-state index in [4.69, 9.17) is 4.98 Å². The van der Waals surface area contributed by atoms with Crippen molar-refractivity contribution in [3.05, 3.63) is 76.9 Å². The molecule has 1 aromatic heterocycles. The first kappa shape index (κ1) is 20.9. The predicted octanol–water partition coefficient (Wildman–Crippen LogP) is 4.86. The number of aryl methyl sites for hydroxylation is 2. The van der Waals surface area contributed by atoms with Gasteiger partial charge in [-0.2, -0.15) is 5.10 Å². The van der Waals surface area contributed by atoms with Gasteiger partial charge in [-0.1, -0.05) is 42.5 Å². The highest BCUT2D eigenvalue weighted by atomic mass is 16.2. The Morgan fingerprint density at radius 3 is 2.50 bits per heavy atom. The van der Waals surface area contributed by atoms with E-state index in [1.807, 2.05) is 38.1 Å². The molecule has 2 fully saturated rings. The largest absolute Gasteiger partial charge is 0.324 e. The number of nitrogens with one attached hydrogen (secondary N) is 2. The molecule has 0 unspecified atom stereocenters. The zero-order valence-electron chi connectivity index (χ0n) is 18.8. The Balaban J connectivity index is 1.32. The van der Waals surface area contributed by atoms with E-state index in [-0.39, 0.29) is 11.9 Å². The van der Waals surface area contributed by atoms with Gasteiger partial charge in [-0.3, -0.25) is 14.8 Å². The number of aromatic nitrogens is 3. The van der Waals surface area contributed by atoms with E-state index in [1.165, 1.54) is 12.8 Å². The van der Waals surface area contributed by atoms with Crippen LogP contribution in [-0.2, 0) is 4.79 Å². The summed E-state index contributed by atoms with van der Waals surface area (Å²) in [4.78, 5) is 20.6. The Morgan fingerprint density at radius 2 is 1.78 bits per heavy atom. The number of likely N-dealkylation sites (tertiary alicyclic amines) is 1. The van der Waals surface area contributed by atoms with Crippen LogP contribution in [0.4, 0.5) is 5.69 Å². The van der Waals surface area contributed by atoms with Gasteiger partial charge in [-0.25, -0.2) is 4.98 Å².